The van der Waals surface area contributed by atoms with E-state index in [4.69, 9.17) is 0 Å². The van der Waals surface area contributed by atoms with Crippen molar-refractivity contribution in [3.63, 3.8) is 0 Å². The van der Waals surface area contributed by atoms with Gasteiger partial charge >= 0.3 is 5.97 Å². The average molecular weight is 296 g/mol. The van der Waals surface area contributed by atoms with Crippen LogP contribution >= 0.6 is 0 Å². The van der Waals surface area contributed by atoms with Crippen LogP contribution in [-0.4, -0.2) is 29.1 Å². The normalized spacial score (nSPS) is 22.1. The number of nitro groups is 1. The molecule has 7 heteroatoms. The van der Waals surface area contributed by atoms with Gasteiger partial charge in [0.1, 0.15) is 5.82 Å². The molecule has 21 heavy (non-hydrogen) atoms. The second-order valence-electron chi connectivity index (χ2n) is 5.39. The van der Waals surface area contributed by atoms with Crippen molar-refractivity contribution in [1.82, 2.24) is 0 Å². The van der Waals surface area contributed by atoms with Gasteiger partial charge < -0.3 is 10.0 Å². The largest absolute Gasteiger partial charge is 0.481 e. The first-order chi connectivity index (χ1) is 9.88. The molecule has 1 aromatic rings. The Labute approximate surface area is 121 Å². The molecule has 0 aromatic heterocycles. The zero-order valence-corrected chi connectivity index (χ0v) is 11.7. The summed E-state index contributed by atoms with van der Waals surface area (Å²) < 4.78 is 13.5. The second-order valence-corrected chi connectivity index (χ2v) is 5.39. The maximum atomic E-state index is 13.5. The fourth-order valence-corrected chi connectivity index (χ4v) is 2.81. The lowest BCUT2D eigenvalue weighted by Gasteiger charge is -2.40. The van der Waals surface area contributed by atoms with E-state index in [-0.39, 0.29) is 12.2 Å². The van der Waals surface area contributed by atoms with E-state index in [2.05, 4.69) is 0 Å². The van der Waals surface area contributed by atoms with Gasteiger partial charge in [0.05, 0.1) is 16.4 Å². The lowest BCUT2D eigenvalue weighted by molar-refractivity contribution is -0.385. The fourth-order valence-electron chi connectivity index (χ4n) is 2.81. The quantitative estimate of drug-likeness (QED) is 0.682. The summed E-state index contributed by atoms with van der Waals surface area (Å²) in [6.07, 6.45) is 1.69. The smallest absolute Gasteiger partial charge is 0.311 e. The number of non-ortho nitro benzene ring substituents is 1. The number of hydrogen-bond donors (Lipinski definition) is 1. The molecule has 1 saturated heterocycles. The van der Waals surface area contributed by atoms with Crippen molar-refractivity contribution >= 4 is 17.3 Å². The van der Waals surface area contributed by atoms with Crippen LogP contribution in [-0.2, 0) is 4.79 Å². The van der Waals surface area contributed by atoms with Crippen molar-refractivity contribution in [2.75, 3.05) is 18.0 Å². The number of nitrogens with zero attached hydrogens (tertiary/aromatic N) is 2. The van der Waals surface area contributed by atoms with Gasteiger partial charge in [-0.15, -0.1) is 0 Å². The molecule has 0 spiro atoms. The van der Waals surface area contributed by atoms with Gasteiger partial charge in [0, 0.05) is 24.8 Å². The van der Waals surface area contributed by atoms with Crippen LogP contribution in [0.1, 0.15) is 26.2 Å². The van der Waals surface area contributed by atoms with Crippen LogP contribution in [0.4, 0.5) is 15.8 Å². The predicted octanol–water partition coefficient (Wildman–Crippen LogP) is 2.82. The number of nitro benzene ring substituents is 1. The highest BCUT2D eigenvalue weighted by Crippen LogP contribution is 2.36. The molecule has 1 aliphatic heterocycles. The van der Waals surface area contributed by atoms with Crippen molar-refractivity contribution in [3.05, 3.63) is 34.1 Å². The zero-order valence-electron chi connectivity index (χ0n) is 11.7. The Morgan fingerprint density at radius 1 is 1.52 bits per heavy atom. The third-order valence-electron chi connectivity index (χ3n) is 4.15. The van der Waals surface area contributed by atoms with Crippen LogP contribution in [0.25, 0.3) is 0 Å². The molecule has 1 fully saturated rings. The third kappa shape index (κ3) is 2.96. The molecule has 114 valence electrons. The van der Waals surface area contributed by atoms with Gasteiger partial charge in [-0.3, -0.25) is 14.9 Å². The number of carbonyl (C=O) groups is 1. The summed E-state index contributed by atoms with van der Waals surface area (Å²) in [5.74, 6) is -1.57. The molecule has 1 aromatic carbocycles. The van der Waals surface area contributed by atoms with E-state index >= 15 is 0 Å². The van der Waals surface area contributed by atoms with E-state index in [1.165, 1.54) is 12.1 Å². The molecule has 6 nitrogen and oxygen atoms in total. The molecule has 0 bridgehead atoms. The Bertz CT molecular complexity index is 578. The van der Waals surface area contributed by atoms with Crippen molar-refractivity contribution < 1.29 is 19.2 Å². The number of aliphatic carboxylic acids is 1. The second kappa shape index (κ2) is 5.67. The van der Waals surface area contributed by atoms with Gasteiger partial charge in [-0.05, 0) is 25.3 Å². The number of rotatable bonds is 4. The SMILES string of the molecule is CCC1(C(=O)O)CCCN(c2cc(F)cc([N+](=O)[O-])c2)C1. The first-order valence-electron chi connectivity index (χ1n) is 6.81. The summed E-state index contributed by atoms with van der Waals surface area (Å²) in [4.78, 5) is 23.4. The van der Waals surface area contributed by atoms with Crippen LogP contribution in [0.15, 0.2) is 18.2 Å². The molecule has 1 aliphatic rings. The van der Waals surface area contributed by atoms with Crippen molar-refractivity contribution in [1.29, 1.82) is 0 Å². The lowest BCUT2D eigenvalue weighted by atomic mass is 9.77. The molecular formula is C14H17FN2O4. The Balaban J connectivity index is 2.33. The molecule has 2 rings (SSSR count). The highest BCUT2D eigenvalue weighted by molar-refractivity contribution is 5.76. The highest BCUT2D eigenvalue weighted by atomic mass is 19.1. The van der Waals surface area contributed by atoms with Gasteiger partial charge in [-0.25, -0.2) is 4.39 Å². The Morgan fingerprint density at radius 3 is 2.81 bits per heavy atom. The maximum absolute atomic E-state index is 13.5. The van der Waals surface area contributed by atoms with Crippen LogP contribution in [0.5, 0.6) is 0 Å². The summed E-state index contributed by atoms with van der Waals surface area (Å²) in [6, 6.07) is 3.36. The minimum absolute atomic E-state index is 0.236. The number of halogens is 1. The average Bonchev–Trinajstić information content (AvgIpc) is 2.46. The number of carboxylic acid groups (broad SMARTS) is 1. The molecule has 0 aliphatic carbocycles. The Morgan fingerprint density at radius 2 is 2.24 bits per heavy atom. The van der Waals surface area contributed by atoms with Gasteiger partial charge in [0.25, 0.3) is 5.69 Å². The van der Waals surface area contributed by atoms with Gasteiger partial charge in [0.15, 0.2) is 0 Å². The predicted molar refractivity (Wildman–Crippen MR) is 74.9 cm³/mol. The summed E-state index contributed by atoms with van der Waals surface area (Å²) in [6.45, 7) is 2.61. The van der Waals surface area contributed by atoms with E-state index in [0.717, 1.165) is 6.07 Å². The molecule has 0 amide bonds. The van der Waals surface area contributed by atoms with Gasteiger partial charge in [-0.1, -0.05) is 6.92 Å². The van der Waals surface area contributed by atoms with E-state index < -0.39 is 22.1 Å². The maximum Gasteiger partial charge on any atom is 0.311 e. The minimum Gasteiger partial charge on any atom is -0.481 e. The summed E-state index contributed by atoms with van der Waals surface area (Å²) in [5, 5.41) is 20.2. The Kier molecular flexibility index (Phi) is 4.11. The number of piperidine rings is 1. The molecule has 1 N–H and O–H groups in total. The monoisotopic (exact) mass is 296 g/mol. The number of benzene rings is 1. The minimum atomic E-state index is -0.876. The molecule has 0 radical (unpaired) electrons. The van der Waals surface area contributed by atoms with Crippen LogP contribution in [0.3, 0.4) is 0 Å². The van der Waals surface area contributed by atoms with E-state index in [1.807, 2.05) is 6.92 Å². The number of anilines is 1. The standard InChI is InChI=1S/C14H17FN2O4/c1-2-14(13(18)19)4-3-5-16(9-14)11-6-10(15)7-12(8-11)17(20)21/h6-8H,2-5,9H2,1H3,(H,18,19). The lowest BCUT2D eigenvalue weighted by Crippen LogP contribution is -2.47. The zero-order chi connectivity index (χ0) is 15.6. The van der Waals surface area contributed by atoms with Crippen molar-refractivity contribution in [2.45, 2.75) is 26.2 Å². The number of hydrogen-bond acceptors (Lipinski definition) is 4. The Hall–Kier alpha value is -2.18. The van der Waals surface area contributed by atoms with E-state index in [9.17, 15) is 24.4 Å². The highest BCUT2D eigenvalue weighted by Gasteiger charge is 2.41. The van der Waals surface area contributed by atoms with Crippen LogP contribution < -0.4 is 4.90 Å². The topological polar surface area (TPSA) is 83.7 Å². The van der Waals surface area contributed by atoms with Gasteiger partial charge in [-0.2, -0.15) is 0 Å². The summed E-state index contributed by atoms with van der Waals surface area (Å²) >= 11 is 0. The molecular weight excluding hydrogens is 279 g/mol. The molecule has 0 saturated carbocycles. The molecule has 1 atom stereocenters. The molecule has 1 unspecified atom stereocenters. The summed E-state index contributed by atoms with van der Waals surface area (Å²) in [7, 11) is 0. The fraction of sp³-hybridized carbons (Fsp3) is 0.500. The van der Waals surface area contributed by atoms with Crippen LogP contribution in [0.2, 0.25) is 0 Å². The van der Waals surface area contributed by atoms with Crippen molar-refractivity contribution in [3.8, 4) is 0 Å². The van der Waals surface area contributed by atoms with Crippen molar-refractivity contribution in [2.24, 2.45) is 5.41 Å². The molecule has 1 heterocycles. The van der Waals surface area contributed by atoms with E-state index in [1.54, 1.807) is 4.90 Å². The summed E-state index contributed by atoms with van der Waals surface area (Å²) in [5.41, 5.74) is -0.840. The number of carboxylic acids is 1. The van der Waals surface area contributed by atoms with Gasteiger partial charge in [0.2, 0.25) is 0 Å². The first-order valence-corrected chi connectivity index (χ1v) is 6.81. The third-order valence-corrected chi connectivity index (χ3v) is 4.15. The van der Waals surface area contributed by atoms with E-state index in [0.29, 0.717) is 31.5 Å². The first kappa shape index (κ1) is 15.2. The van der Waals surface area contributed by atoms with Crippen LogP contribution in [0, 0.1) is 21.3 Å².